The maximum atomic E-state index is 12.6. The molecule has 1 aromatic heterocycles. The van der Waals surface area contributed by atoms with Gasteiger partial charge >= 0.3 is 0 Å². The molecule has 7 heteroatoms. The van der Waals surface area contributed by atoms with E-state index in [-0.39, 0.29) is 11.2 Å². The van der Waals surface area contributed by atoms with Crippen molar-refractivity contribution < 1.29 is 9.21 Å². The summed E-state index contributed by atoms with van der Waals surface area (Å²) >= 11 is 4.81. The quantitative estimate of drug-likeness (QED) is 0.700. The van der Waals surface area contributed by atoms with E-state index in [0.29, 0.717) is 11.1 Å². The fourth-order valence-electron chi connectivity index (χ4n) is 2.75. The van der Waals surface area contributed by atoms with Gasteiger partial charge in [-0.05, 0) is 47.8 Å². The molecule has 0 radical (unpaired) electrons. The molecule has 1 aliphatic rings. The first-order chi connectivity index (χ1) is 11.6. The maximum Gasteiger partial charge on any atom is 0.277 e. The number of aromatic nitrogens is 2. The van der Waals surface area contributed by atoms with Gasteiger partial charge in [-0.25, -0.2) is 0 Å². The van der Waals surface area contributed by atoms with Crippen LogP contribution in [0.1, 0.15) is 32.6 Å². The Bertz CT molecular complexity index is 699. The van der Waals surface area contributed by atoms with Crippen LogP contribution in [0.25, 0.3) is 11.5 Å². The van der Waals surface area contributed by atoms with E-state index in [2.05, 4.69) is 26.1 Å². The minimum Gasteiger partial charge on any atom is -0.411 e. The zero-order valence-corrected chi connectivity index (χ0v) is 16.0. The number of halogens is 1. The van der Waals surface area contributed by atoms with Crippen molar-refractivity contribution in [3.63, 3.8) is 0 Å². The van der Waals surface area contributed by atoms with Gasteiger partial charge in [0.1, 0.15) is 0 Å². The van der Waals surface area contributed by atoms with E-state index in [1.165, 1.54) is 24.6 Å². The molecule has 1 aliphatic heterocycles. The SMILES string of the molecule is C[C@@H](Sc1nnc(-c2ccccc2Br)o1)C(=O)N1CCCCCC1. The molecule has 0 spiro atoms. The predicted octanol–water partition coefficient (Wildman–Crippen LogP) is 4.38. The van der Waals surface area contributed by atoms with Gasteiger partial charge in [-0.1, -0.05) is 36.7 Å². The largest absolute Gasteiger partial charge is 0.411 e. The lowest BCUT2D eigenvalue weighted by molar-refractivity contribution is -0.130. The van der Waals surface area contributed by atoms with Gasteiger partial charge in [-0.3, -0.25) is 4.79 Å². The predicted molar refractivity (Wildman–Crippen MR) is 97.8 cm³/mol. The first-order valence-electron chi connectivity index (χ1n) is 8.19. The van der Waals surface area contributed by atoms with Crippen LogP contribution < -0.4 is 0 Å². The van der Waals surface area contributed by atoms with E-state index in [1.54, 1.807) is 0 Å². The molecule has 0 aliphatic carbocycles. The maximum absolute atomic E-state index is 12.6. The second-order valence-electron chi connectivity index (χ2n) is 5.85. The zero-order valence-electron chi connectivity index (χ0n) is 13.6. The smallest absolute Gasteiger partial charge is 0.277 e. The Morgan fingerprint density at radius 1 is 1.21 bits per heavy atom. The van der Waals surface area contributed by atoms with E-state index in [9.17, 15) is 4.79 Å². The molecule has 128 valence electrons. The number of nitrogens with zero attached hydrogens (tertiary/aromatic N) is 3. The summed E-state index contributed by atoms with van der Waals surface area (Å²) in [6.07, 6.45) is 4.61. The van der Waals surface area contributed by atoms with Crippen LogP contribution in [0, 0.1) is 0 Å². The number of benzene rings is 1. The molecule has 1 atom stereocenters. The molecule has 1 amide bonds. The van der Waals surface area contributed by atoms with Crippen LogP contribution in [0.15, 0.2) is 38.4 Å². The summed E-state index contributed by atoms with van der Waals surface area (Å²) in [5, 5.41) is 8.37. The zero-order chi connectivity index (χ0) is 16.9. The normalized spacial score (nSPS) is 16.7. The number of rotatable bonds is 4. The molecule has 3 rings (SSSR count). The lowest BCUT2D eigenvalue weighted by Gasteiger charge is -2.23. The molecule has 0 N–H and O–H groups in total. The van der Waals surface area contributed by atoms with Crippen molar-refractivity contribution in [3.8, 4) is 11.5 Å². The Morgan fingerprint density at radius 2 is 1.92 bits per heavy atom. The number of hydrogen-bond acceptors (Lipinski definition) is 5. The van der Waals surface area contributed by atoms with Crippen molar-refractivity contribution in [2.24, 2.45) is 0 Å². The van der Waals surface area contributed by atoms with Gasteiger partial charge in [0.15, 0.2) is 0 Å². The summed E-state index contributed by atoms with van der Waals surface area (Å²) in [4.78, 5) is 14.6. The van der Waals surface area contributed by atoms with Crippen LogP contribution >= 0.6 is 27.7 Å². The number of carbonyl (C=O) groups excluding carboxylic acids is 1. The lowest BCUT2D eigenvalue weighted by atomic mass is 10.2. The van der Waals surface area contributed by atoms with Crippen molar-refractivity contribution in [2.45, 2.75) is 43.1 Å². The van der Waals surface area contributed by atoms with Crippen molar-refractivity contribution in [2.75, 3.05) is 13.1 Å². The molecule has 2 heterocycles. The van der Waals surface area contributed by atoms with Crippen molar-refractivity contribution in [3.05, 3.63) is 28.7 Å². The Hall–Kier alpha value is -1.34. The van der Waals surface area contributed by atoms with Crippen LogP contribution in [0.4, 0.5) is 0 Å². The van der Waals surface area contributed by atoms with E-state index in [4.69, 9.17) is 4.42 Å². The van der Waals surface area contributed by atoms with Gasteiger partial charge in [0.2, 0.25) is 11.8 Å². The third-order valence-corrected chi connectivity index (χ3v) is 5.67. The molecular weight excluding hydrogens is 390 g/mol. The Balaban J connectivity index is 1.65. The third kappa shape index (κ3) is 4.19. The minimum atomic E-state index is -0.226. The fourth-order valence-corrected chi connectivity index (χ4v) is 3.97. The monoisotopic (exact) mass is 409 g/mol. The van der Waals surface area contributed by atoms with Crippen LogP contribution in [0.3, 0.4) is 0 Å². The van der Waals surface area contributed by atoms with Gasteiger partial charge in [-0.15, -0.1) is 10.2 Å². The van der Waals surface area contributed by atoms with Gasteiger partial charge < -0.3 is 9.32 Å². The summed E-state index contributed by atoms with van der Waals surface area (Å²) in [6, 6.07) is 7.69. The van der Waals surface area contributed by atoms with E-state index >= 15 is 0 Å². The molecule has 0 unspecified atom stereocenters. The fraction of sp³-hybridized carbons (Fsp3) is 0.471. The number of carbonyl (C=O) groups is 1. The minimum absolute atomic E-state index is 0.155. The highest BCUT2D eigenvalue weighted by molar-refractivity contribution is 9.10. The molecule has 24 heavy (non-hydrogen) atoms. The number of thioether (sulfide) groups is 1. The molecule has 0 bridgehead atoms. The van der Waals surface area contributed by atoms with Crippen LogP contribution in [0.2, 0.25) is 0 Å². The van der Waals surface area contributed by atoms with Gasteiger partial charge in [0.05, 0.1) is 10.8 Å². The molecule has 2 aromatic rings. The average Bonchev–Trinajstić information content (AvgIpc) is 2.87. The number of amides is 1. The summed E-state index contributed by atoms with van der Waals surface area (Å²) in [5.74, 6) is 0.613. The van der Waals surface area contributed by atoms with Crippen LogP contribution in [0.5, 0.6) is 0 Å². The van der Waals surface area contributed by atoms with Crippen molar-refractivity contribution in [1.29, 1.82) is 0 Å². The first kappa shape index (κ1) is 17.5. The van der Waals surface area contributed by atoms with E-state index < -0.39 is 0 Å². The van der Waals surface area contributed by atoms with E-state index in [0.717, 1.165) is 36.0 Å². The van der Waals surface area contributed by atoms with Gasteiger partial charge in [0.25, 0.3) is 5.22 Å². The highest BCUT2D eigenvalue weighted by atomic mass is 79.9. The number of likely N-dealkylation sites (tertiary alicyclic amines) is 1. The van der Waals surface area contributed by atoms with E-state index in [1.807, 2.05) is 36.1 Å². The summed E-state index contributed by atoms with van der Waals surface area (Å²) < 4.78 is 6.63. The molecular formula is C17H20BrN3O2S. The Labute approximate surface area is 154 Å². The Morgan fingerprint density at radius 3 is 2.62 bits per heavy atom. The van der Waals surface area contributed by atoms with Crippen molar-refractivity contribution in [1.82, 2.24) is 15.1 Å². The summed E-state index contributed by atoms with van der Waals surface area (Å²) in [6.45, 7) is 3.62. The first-order valence-corrected chi connectivity index (χ1v) is 9.86. The summed E-state index contributed by atoms with van der Waals surface area (Å²) in [7, 11) is 0. The topological polar surface area (TPSA) is 59.2 Å². The average molecular weight is 410 g/mol. The highest BCUT2D eigenvalue weighted by Gasteiger charge is 2.24. The Kier molecular flexibility index (Phi) is 5.94. The molecule has 1 aromatic carbocycles. The van der Waals surface area contributed by atoms with Gasteiger partial charge in [-0.2, -0.15) is 0 Å². The molecule has 0 saturated carbocycles. The van der Waals surface area contributed by atoms with Crippen LogP contribution in [-0.4, -0.2) is 39.3 Å². The number of hydrogen-bond donors (Lipinski definition) is 0. The standard InChI is InChI=1S/C17H20BrN3O2S/c1-12(16(22)21-10-6-2-3-7-11-21)24-17-20-19-15(23-17)13-8-4-5-9-14(13)18/h4-5,8-9,12H,2-3,6-7,10-11H2,1H3/t12-/m1/s1. The van der Waals surface area contributed by atoms with Gasteiger partial charge in [0, 0.05) is 17.6 Å². The van der Waals surface area contributed by atoms with Crippen LogP contribution in [-0.2, 0) is 4.79 Å². The van der Waals surface area contributed by atoms with Crippen molar-refractivity contribution >= 4 is 33.6 Å². The molecule has 1 saturated heterocycles. The summed E-state index contributed by atoms with van der Waals surface area (Å²) in [5.41, 5.74) is 0.850. The second kappa shape index (κ2) is 8.16. The third-order valence-electron chi connectivity index (χ3n) is 4.05. The second-order valence-corrected chi connectivity index (χ2v) is 8.00. The molecule has 1 fully saturated rings. The highest BCUT2D eigenvalue weighted by Crippen LogP contribution is 2.30. The lowest BCUT2D eigenvalue weighted by Crippen LogP contribution is -2.37. The molecule has 5 nitrogen and oxygen atoms in total.